The summed E-state index contributed by atoms with van der Waals surface area (Å²) in [7, 11) is 0. The summed E-state index contributed by atoms with van der Waals surface area (Å²) in [5.74, 6) is 0. The van der Waals surface area contributed by atoms with Gasteiger partial charge in [0.2, 0.25) is 0 Å². The van der Waals surface area contributed by atoms with Gasteiger partial charge in [0.25, 0.3) is 0 Å². The first kappa shape index (κ1) is 17.4. The lowest BCUT2D eigenvalue weighted by Crippen LogP contribution is -2.19. The molecule has 4 rings (SSSR count). The standard InChI is InChI=1S/C21H22N2O4/c1-21(2,15-7-3-13(4-8-15)17-11-22(17)19(24)25)16-9-5-14(6-10-16)18-12-23(18)20(26)27/h3-10,17-18H,11-12H2,1-2H3,(H,24,25)(H,26,27). The van der Waals surface area contributed by atoms with Gasteiger partial charge >= 0.3 is 12.2 Å². The van der Waals surface area contributed by atoms with Gasteiger partial charge in [0.05, 0.1) is 12.1 Å². The zero-order valence-electron chi connectivity index (χ0n) is 15.3. The van der Waals surface area contributed by atoms with Crippen LogP contribution in [0.5, 0.6) is 0 Å². The Balaban J connectivity index is 1.49. The van der Waals surface area contributed by atoms with E-state index in [1.165, 1.54) is 9.80 Å². The predicted octanol–water partition coefficient (Wildman–Crippen LogP) is 4.08. The van der Waals surface area contributed by atoms with Gasteiger partial charge in [0.1, 0.15) is 0 Å². The molecule has 2 aliphatic rings. The van der Waals surface area contributed by atoms with Crippen molar-refractivity contribution < 1.29 is 19.8 Å². The SMILES string of the molecule is CC(C)(c1ccc(C2CN2C(=O)O)cc1)c1ccc(C2CN2C(=O)O)cc1. The highest BCUT2D eigenvalue weighted by atomic mass is 16.4. The molecule has 2 fully saturated rings. The summed E-state index contributed by atoms with van der Waals surface area (Å²) in [6, 6.07) is 16.3. The molecule has 2 N–H and O–H groups in total. The molecule has 2 aromatic carbocycles. The van der Waals surface area contributed by atoms with Gasteiger partial charge in [-0.3, -0.25) is 9.80 Å². The third-order valence-corrected chi connectivity index (χ3v) is 5.75. The minimum Gasteiger partial charge on any atom is -0.465 e. The van der Waals surface area contributed by atoms with Crippen molar-refractivity contribution in [1.29, 1.82) is 0 Å². The molecule has 6 nitrogen and oxygen atoms in total. The first-order chi connectivity index (χ1) is 12.8. The van der Waals surface area contributed by atoms with Crippen LogP contribution < -0.4 is 0 Å². The zero-order chi connectivity index (χ0) is 19.3. The average Bonchev–Trinajstić information content (AvgIpc) is 3.55. The van der Waals surface area contributed by atoms with E-state index in [2.05, 4.69) is 38.1 Å². The molecule has 2 aliphatic heterocycles. The van der Waals surface area contributed by atoms with E-state index in [1.54, 1.807) is 0 Å². The van der Waals surface area contributed by atoms with Crippen molar-refractivity contribution >= 4 is 12.2 Å². The topological polar surface area (TPSA) is 80.6 Å². The van der Waals surface area contributed by atoms with Gasteiger partial charge in [-0.05, 0) is 22.3 Å². The molecular formula is C21H22N2O4. The third-order valence-electron chi connectivity index (χ3n) is 5.75. The van der Waals surface area contributed by atoms with E-state index in [1.807, 2.05) is 24.3 Å². The van der Waals surface area contributed by atoms with E-state index < -0.39 is 12.2 Å². The van der Waals surface area contributed by atoms with Crippen molar-refractivity contribution in [2.75, 3.05) is 13.1 Å². The van der Waals surface area contributed by atoms with Crippen LogP contribution >= 0.6 is 0 Å². The molecule has 2 unspecified atom stereocenters. The van der Waals surface area contributed by atoms with Crippen LogP contribution in [0.1, 0.15) is 48.2 Å². The number of rotatable bonds is 4. The number of nitrogens with zero attached hydrogens (tertiary/aromatic N) is 2. The Bertz CT molecular complexity index is 816. The second-order valence-corrected chi connectivity index (χ2v) is 7.77. The van der Waals surface area contributed by atoms with Crippen LogP contribution in [-0.2, 0) is 5.41 Å². The van der Waals surface area contributed by atoms with Gasteiger partial charge in [-0.15, -0.1) is 0 Å². The summed E-state index contributed by atoms with van der Waals surface area (Å²) >= 11 is 0. The van der Waals surface area contributed by atoms with E-state index in [9.17, 15) is 9.59 Å². The Kier molecular flexibility index (Phi) is 3.87. The Morgan fingerprint density at radius 2 is 1.11 bits per heavy atom. The molecular weight excluding hydrogens is 344 g/mol. The summed E-state index contributed by atoms with van der Waals surface area (Å²) < 4.78 is 0. The Morgan fingerprint density at radius 3 is 1.37 bits per heavy atom. The van der Waals surface area contributed by atoms with Crippen molar-refractivity contribution in [3.63, 3.8) is 0 Å². The maximum absolute atomic E-state index is 11.0. The molecule has 6 heteroatoms. The molecule has 0 spiro atoms. The van der Waals surface area contributed by atoms with Gasteiger partial charge < -0.3 is 10.2 Å². The second-order valence-electron chi connectivity index (χ2n) is 7.77. The lowest BCUT2D eigenvalue weighted by atomic mass is 9.77. The highest BCUT2D eigenvalue weighted by Gasteiger charge is 2.40. The van der Waals surface area contributed by atoms with E-state index in [-0.39, 0.29) is 17.5 Å². The zero-order valence-corrected chi connectivity index (χ0v) is 15.3. The maximum atomic E-state index is 11.0. The first-order valence-electron chi connectivity index (χ1n) is 8.99. The molecule has 0 aromatic heterocycles. The average molecular weight is 366 g/mol. The van der Waals surface area contributed by atoms with Crippen molar-refractivity contribution in [3.8, 4) is 0 Å². The smallest absolute Gasteiger partial charge is 0.407 e. The largest absolute Gasteiger partial charge is 0.465 e. The van der Waals surface area contributed by atoms with E-state index >= 15 is 0 Å². The number of hydrogen-bond acceptors (Lipinski definition) is 2. The molecule has 0 saturated carbocycles. The van der Waals surface area contributed by atoms with Crippen LogP contribution in [0.15, 0.2) is 48.5 Å². The molecule has 140 valence electrons. The lowest BCUT2D eigenvalue weighted by molar-refractivity contribution is 0.175. The van der Waals surface area contributed by atoms with Crippen LogP contribution in [0.2, 0.25) is 0 Å². The van der Waals surface area contributed by atoms with Crippen LogP contribution in [0, 0.1) is 0 Å². The first-order valence-corrected chi connectivity index (χ1v) is 8.99. The van der Waals surface area contributed by atoms with Crippen molar-refractivity contribution in [2.24, 2.45) is 0 Å². The summed E-state index contributed by atoms with van der Waals surface area (Å²) in [5.41, 5.74) is 4.15. The fourth-order valence-electron chi connectivity index (χ4n) is 3.68. The minimum absolute atomic E-state index is 0.0188. The number of carboxylic acid groups (broad SMARTS) is 2. The fourth-order valence-corrected chi connectivity index (χ4v) is 3.68. The van der Waals surface area contributed by atoms with E-state index in [0.29, 0.717) is 13.1 Å². The summed E-state index contributed by atoms with van der Waals surface area (Å²) in [5, 5.41) is 18.0. The summed E-state index contributed by atoms with van der Waals surface area (Å²) in [4.78, 5) is 24.8. The van der Waals surface area contributed by atoms with Gasteiger partial charge in [-0.1, -0.05) is 62.4 Å². The molecule has 2 atom stereocenters. The molecule has 0 aliphatic carbocycles. The van der Waals surface area contributed by atoms with E-state index in [0.717, 1.165) is 22.3 Å². The van der Waals surface area contributed by atoms with Gasteiger partial charge in [0.15, 0.2) is 0 Å². The Morgan fingerprint density at radius 1 is 0.778 bits per heavy atom. The molecule has 2 amide bonds. The Hall–Kier alpha value is -3.02. The van der Waals surface area contributed by atoms with Gasteiger partial charge in [-0.2, -0.15) is 0 Å². The molecule has 0 radical (unpaired) electrons. The third kappa shape index (κ3) is 3.12. The molecule has 0 bridgehead atoms. The van der Waals surface area contributed by atoms with Gasteiger partial charge in [-0.25, -0.2) is 9.59 Å². The summed E-state index contributed by atoms with van der Waals surface area (Å²) in [6.45, 7) is 5.43. The van der Waals surface area contributed by atoms with E-state index in [4.69, 9.17) is 10.2 Å². The van der Waals surface area contributed by atoms with Gasteiger partial charge in [0, 0.05) is 18.5 Å². The molecule has 2 aromatic rings. The number of carbonyl (C=O) groups is 2. The lowest BCUT2D eigenvalue weighted by Gasteiger charge is -2.26. The highest BCUT2D eigenvalue weighted by Crippen LogP contribution is 2.39. The van der Waals surface area contributed by atoms with Crippen LogP contribution in [0.4, 0.5) is 9.59 Å². The minimum atomic E-state index is -0.873. The predicted molar refractivity (Wildman–Crippen MR) is 100.0 cm³/mol. The Labute approximate surface area is 157 Å². The number of hydrogen-bond donors (Lipinski definition) is 2. The maximum Gasteiger partial charge on any atom is 0.407 e. The monoisotopic (exact) mass is 366 g/mol. The fraction of sp³-hybridized carbons (Fsp3) is 0.333. The molecule has 2 saturated heterocycles. The molecule has 2 heterocycles. The second kappa shape index (κ2) is 6.01. The quantitative estimate of drug-likeness (QED) is 0.799. The van der Waals surface area contributed by atoms with Crippen LogP contribution in [-0.4, -0.2) is 45.3 Å². The molecule has 27 heavy (non-hydrogen) atoms. The van der Waals surface area contributed by atoms with Crippen molar-refractivity contribution in [2.45, 2.75) is 31.3 Å². The highest BCUT2D eigenvalue weighted by molar-refractivity contribution is 5.69. The van der Waals surface area contributed by atoms with Crippen LogP contribution in [0.3, 0.4) is 0 Å². The summed E-state index contributed by atoms with van der Waals surface area (Å²) in [6.07, 6.45) is -1.75. The van der Waals surface area contributed by atoms with Crippen molar-refractivity contribution in [3.05, 3.63) is 70.8 Å². The normalized spacial score (nSPS) is 21.1. The number of benzene rings is 2. The van der Waals surface area contributed by atoms with Crippen LogP contribution in [0.25, 0.3) is 0 Å². The van der Waals surface area contributed by atoms with Crippen molar-refractivity contribution in [1.82, 2.24) is 9.80 Å². The number of amides is 2.